The molecule has 0 atom stereocenters. The van der Waals surface area contributed by atoms with Crippen LogP contribution in [0.15, 0.2) is 42.5 Å². The molecule has 108 valence electrons. The number of aromatic nitrogens is 1. The minimum atomic E-state index is 0.602. The summed E-state index contributed by atoms with van der Waals surface area (Å²) >= 11 is 7.57. The Hall–Kier alpha value is -1.62. The summed E-state index contributed by atoms with van der Waals surface area (Å²) in [4.78, 5) is 7.93. The van der Waals surface area contributed by atoms with Gasteiger partial charge in [0.2, 0.25) is 0 Å². The third-order valence-electron chi connectivity index (χ3n) is 3.33. The summed E-state index contributed by atoms with van der Waals surface area (Å²) in [6.07, 6.45) is 0. The number of nitrogens with zero attached hydrogens (tertiary/aromatic N) is 2. The van der Waals surface area contributed by atoms with Crippen molar-refractivity contribution in [1.82, 2.24) is 9.88 Å². The number of fused-ring (bicyclic) bond motifs is 1. The highest BCUT2D eigenvalue weighted by Gasteiger charge is 2.08. The van der Waals surface area contributed by atoms with Crippen LogP contribution in [0, 0.1) is 0 Å². The van der Waals surface area contributed by atoms with Crippen LogP contribution in [0.2, 0.25) is 4.34 Å². The minimum Gasteiger partial charge on any atom is -0.383 e. The van der Waals surface area contributed by atoms with Crippen LogP contribution in [0.3, 0.4) is 0 Å². The Labute approximate surface area is 133 Å². The second kappa shape index (κ2) is 6.02. The molecule has 5 heteroatoms. The van der Waals surface area contributed by atoms with Gasteiger partial charge in [0.1, 0.15) is 5.82 Å². The summed E-state index contributed by atoms with van der Waals surface area (Å²) in [5.74, 6) is 0.602. The van der Waals surface area contributed by atoms with E-state index in [9.17, 15) is 0 Å². The van der Waals surface area contributed by atoms with Gasteiger partial charge in [-0.2, -0.15) is 0 Å². The number of nitrogens with two attached hydrogens (primary N) is 1. The van der Waals surface area contributed by atoms with E-state index in [0.29, 0.717) is 5.82 Å². The fraction of sp³-hybridized carbons (Fsp3) is 0.188. The van der Waals surface area contributed by atoms with Gasteiger partial charge in [-0.25, -0.2) is 4.98 Å². The zero-order valence-corrected chi connectivity index (χ0v) is 13.3. The van der Waals surface area contributed by atoms with Crippen molar-refractivity contribution in [3.8, 4) is 0 Å². The molecule has 3 aromatic rings. The topological polar surface area (TPSA) is 42.2 Å². The van der Waals surface area contributed by atoms with Crippen molar-refractivity contribution < 1.29 is 0 Å². The maximum atomic E-state index is 6.08. The monoisotopic (exact) mass is 317 g/mol. The summed E-state index contributed by atoms with van der Waals surface area (Å²) in [5, 5.41) is 1.12. The first-order valence-corrected chi connectivity index (χ1v) is 7.88. The molecule has 0 spiro atoms. The Morgan fingerprint density at radius 1 is 1.19 bits per heavy atom. The van der Waals surface area contributed by atoms with Gasteiger partial charge in [-0.1, -0.05) is 29.8 Å². The highest BCUT2D eigenvalue weighted by atomic mass is 35.5. The first-order valence-electron chi connectivity index (χ1n) is 6.69. The van der Waals surface area contributed by atoms with Crippen molar-refractivity contribution in [1.29, 1.82) is 0 Å². The van der Waals surface area contributed by atoms with Crippen LogP contribution in [0.4, 0.5) is 5.82 Å². The van der Waals surface area contributed by atoms with Crippen molar-refractivity contribution >= 4 is 39.7 Å². The maximum Gasteiger partial charge on any atom is 0.128 e. The van der Waals surface area contributed by atoms with Gasteiger partial charge in [0.05, 0.1) is 9.85 Å². The van der Waals surface area contributed by atoms with Gasteiger partial charge in [-0.3, -0.25) is 4.90 Å². The Balaban J connectivity index is 1.79. The van der Waals surface area contributed by atoms with Crippen LogP contribution in [0.5, 0.6) is 0 Å². The molecule has 2 aromatic heterocycles. The number of para-hydroxylation sites is 1. The number of pyridine rings is 1. The zero-order chi connectivity index (χ0) is 14.8. The Kier molecular flexibility index (Phi) is 4.10. The number of halogens is 1. The average molecular weight is 318 g/mol. The molecule has 3 nitrogen and oxygen atoms in total. The van der Waals surface area contributed by atoms with Crippen LogP contribution in [-0.2, 0) is 13.1 Å². The molecule has 21 heavy (non-hydrogen) atoms. The van der Waals surface area contributed by atoms with Gasteiger partial charge in [0, 0.05) is 28.9 Å². The fourth-order valence-corrected chi connectivity index (χ4v) is 3.52. The van der Waals surface area contributed by atoms with Crippen LogP contribution in [0.25, 0.3) is 10.9 Å². The first kappa shape index (κ1) is 14.3. The number of nitrogen functional groups attached to an aromatic ring is 1. The summed E-state index contributed by atoms with van der Waals surface area (Å²) in [7, 11) is 2.07. The van der Waals surface area contributed by atoms with Crippen LogP contribution >= 0.6 is 22.9 Å². The quantitative estimate of drug-likeness (QED) is 0.785. The molecule has 0 aliphatic carbocycles. The van der Waals surface area contributed by atoms with Crippen molar-refractivity contribution in [2.45, 2.75) is 13.1 Å². The molecule has 0 aliphatic heterocycles. The lowest BCUT2D eigenvalue weighted by Gasteiger charge is -2.17. The minimum absolute atomic E-state index is 0.602. The van der Waals surface area contributed by atoms with E-state index in [-0.39, 0.29) is 0 Å². The third-order valence-corrected chi connectivity index (χ3v) is 4.55. The SMILES string of the molecule is CN(Cc1ccc(Cl)s1)Cc1cc2ccccc2nc1N. The molecule has 0 saturated heterocycles. The van der Waals surface area contributed by atoms with E-state index in [1.54, 1.807) is 11.3 Å². The first-order chi connectivity index (χ1) is 10.1. The van der Waals surface area contributed by atoms with E-state index in [4.69, 9.17) is 17.3 Å². The van der Waals surface area contributed by atoms with Crippen molar-refractivity contribution in [2.24, 2.45) is 0 Å². The molecule has 0 amide bonds. The van der Waals surface area contributed by atoms with Gasteiger partial charge in [-0.05, 0) is 31.3 Å². The highest BCUT2D eigenvalue weighted by Crippen LogP contribution is 2.24. The lowest BCUT2D eigenvalue weighted by Crippen LogP contribution is -2.17. The lowest BCUT2D eigenvalue weighted by molar-refractivity contribution is 0.322. The van der Waals surface area contributed by atoms with E-state index in [1.807, 2.05) is 24.3 Å². The van der Waals surface area contributed by atoms with Gasteiger partial charge < -0.3 is 5.73 Å². The number of rotatable bonds is 4. The molecule has 0 radical (unpaired) electrons. The summed E-state index contributed by atoms with van der Waals surface area (Å²) in [5.41, 5.74) is 8.07. The lowest BCUT2D eigenvalue weighted by atomic mass is 10.1. The van der Waals surface area contributed by atoms with E-state index in [1.165, 1.54) is 4.88 Å². The molecule has 2 heterocycles. The molecular weight excluding hydrogens is 302 g/mol. The Morgan fingerprint density at radius 2 is 2.00 bits per heavy atom. The van der Waals surface area contributed by atoms with Crippen LogP contribution < -0.4 is 5.73 Å². The van der Waals surface area contributed by atoms with Gasteiger partial charge in [-0.15, -0.1) is 11.3 Å². The molecule has 0 saturated carbocycles. The fourth-order valence-electron chi connectivity index (χ4n) is 2.35. The zero-order valence-electron chi connectivity index (χ0n) is 11.7. The van der Waals surface area contributed by atoms with Crippen molar-refractivity contribution in [3.05, 3.63) is 57.2 Å². The number of hydrogen-bond donors (Lipinski definition) is 1. The smallest absolute Gasteiger partial charge is 0.128 e. The molecule has 0 aliphatic rings. The van der Waals surface area contributed by atoms with E-state index >= 15 is 0 Å². The Morgan fingerprint density at radius 3 is 2.76 bits per heavy atom. The third kappa shape index (κ3) is 3.35. The number of thiophene rings is 1. The second-order valence-corrected chi connectivity index (χ2v) is 6.90. The molecule has 2 N–H and O–H groups in total. The summed E-state index contributed by atoms with van der Waals surface area (Å²) < 4.78 is 0.824. The number of hydrogen-bond acceptors (Lipinski definition) is 4. The van der Waals surface area contributed by atoms with Crippen LogP contribution in [-0.4, -0.2) is 16.9 Å². The summed E-state index contributed by atoms with van der Waals surface area (Å²) in [6, 6.07) is 14.1. The Bertz CT molecular complexity index is 769. The van der Waals surface area contributed by atoms with Gasteiger partial charge in [0.25, 0.3) is 0 Å². The predicted octanol–water partition coefficient (Wildman–Crippen LogP) is 4.16. The normalized spacial score (nSPS) is 11.4. The predicted molar refractivity (Wildman–Crippen MR) is 90.7 cm³/mol. The summed E-state index contributed by atoms with van der Waals surface area (Å²) in [6.45, 7) is 1.61. The second-order valence-electron chi connectivity index (χ2n) is 5.10. The van der Waals surface area contributed by atoms with E-state index in [2.05, 4.69) is 35.1 Å². The molecule has 0 unspecified atom stereocenters. The van der Waals surface area contributed by atoms with Crippen LogP contribution in [0.1, 0.15) is 10.4 Å². The maximum absolute atomic E-state index is 6.08. The standard InChI is InChI=1S/C16H16ClN3S/c1-20(10-13-6-7-15(17)21-13)9-12-8-11-4-2-3-5-14(11)19-16(12)18/h2-8H,9-10H2,1H3,(H2,18,19). The van der Waals surface area contributed by atoms with Gasteiger partial charge >= 0.3 is 0 Å². The van der Waals surface area contributed by atoms with E-state index < -0.39 is 0 Å². The number of benzene rings is 1. The van der Waals surface area contributed by atoms with Crippen molar-refractivity contribution in [2.75, 3.05) is 12.8 Å². The molecule has 0 bridgehead atoms. The van der Waals surface area contributed by atoms with Crippen molar-refractivity contribution in [3.63, 3.8) is 0 Å². The van der Waals surface area contributed by atoms with Gasteiger partial charge in [0.15, 0.2) is 0 Å². The molecule has 1 aromatic carbocycles. The number of anilines is 1. The molecular formula is C16H16ClN3S. The highest BCUT2D eigenvalue weighted by molar-refractivity contribution is 7.16. The average Bonchev–Trinajstić information content (AvgIpc) is 2.85. The molecule has 0 fully saturated rings. The molecule has 3 rings (SSSR count). The van der Waals surface area contributed by atoms with E-state index in [0.717, 1.165) is 33.9 Å². The largest absolute Gasteiger partial charge is 0.383 e.